The third-order valence-electron chi connectivity index (χ3n) is 4.12. The SMILES string of the molecule is CCOc1ccc(S(=O)(=O)N(CC(=O)N[C@@H](C)COC)Cc2ccccc2)cc1. The summed E-state index contributed by atoms with van der Waals surface area (Å²) in [7, 11) is -2.35. The molecule has 0 unspecified atom stereocenters. The summed E-state index contributed by atoms with van der Waals surface area (Å²) in [5.41, 5.74) is 0.791. The van der Waals surface area contributed by atoms with Crippen molar-refractivity contribution in [2.75, 3.05) is 26.9 Å². The van der Waals surface area contributed by atoms with Crippen molar-refractivity contribution in [2.45, 2.75) is 31.3 Å². The molecule has 0 heterocycles. The minimum atomic E-state index is -3.89. The van der Waals surface area contributed by atoms with Crippen LogP contribution in [0.2, 0.25) is 0 Å². The molecule has 7 nitrogen and oxygen atoms in total. The van der Waals surface area contributed by atoms with E-state index in [9.17, 15) is 13.2 Å². The van der Waals surface area contributed by atoms with Crippen LogP contribution in [-0.4, -0.2) is 51.5 Å². The Morgan fingerprint density at radius 1 is 1.10 bits per heavy atom. The van der Waals surface area contributed by atoms with Gasteiger partial charge in [-0.25, -0.2) is 8.42 Å². The molecule has 2 aromatic carbocycles. The molecule has 29 heavy (non-hydrogen) atoms. The van der Waals surface area contributed by atoms with E-state index in [1.165, 1.54) is 16.4 Å². The second-order valence-electron chi connectivity index (χ2n) is 6.59. The molecular formula is C21H28N2O5S. The van der Waals surface area contributed by atoms with Gasteiger partial charge in [-0.2, -0.15) is 4.31 Å². The number of carbonyl (C=O) groups is 1. The largest absolute Gasteiger partial charge is 0.494 e. The molecule has 0 aromatic heterocycles. The lowest BCUT2D eigenvalue weighted by Gasteiger charge is -2.23. The van der Waals surface area contributed by atoms with E-state index in [0.29, 0.717) is 19.0 Å². The molecule has 0 spiro atoms. The van der Waals surface area contributed by atoms with Crippen molar-refractivity contribution in [1.29, 1.82) is 0 Å². The zero-order valence-corrected chi connectivity index (χ0v) is 17.8. The van der Waals surface area contributed by atoms with E-state index in [0.717, 1.165) is 5.56 Å². The Kier molecular flexibility index (Phi) is 8.63. The third-order valence-corrected chi connectivity index (χ3v) is 5.92. The fourth-order valence-electron chi connectivity index (χ4n) is 2.81. The second kappa shape index (κ2) is 10.9. The molecule has 0 fully saturated rings. The number of methoxy groups -OCH3 is 1. The first-order chi connectivity index (χ1) is 13.9. The zero-order chi connectivity index (χ0) is 21.3. The molecule has 1 N–H and O–H groups in total. The summed E-state index contributed by atoms with van der Waals surface area (Å²) in [5, 5.41) is 2.76. The molecule has 0 radical (unpaired) electrons. The van der Waals surface area contributed by atoms with Crippen LogP contribution in [0.25, 0.3) is 0 Å². The Labute approximate surface area is 172 Å². The molecule has 2 aromatic rings. The van der Waals surface area contributed by atoms with Gasteiger partial charge in [-0.15, -0.1) is 0 Å². The van der Waals surface area contributed by atoms with Gasteiger partial charge in [0.25, 0.3) is 0 Å². The van der Waals surface area contributed by atoms with Crippen LogP contribution < -0.4 is 10.1 Å². The number of hydrogen-bond acceptors (Lipinski definition) is 5. The van der Waals surface area contributed by atoms with Crippen molar-refractivity contribution in [1.82, 2.24) is 9.62 Å². The van der Waals surface area contributed by atoms with E-state index >= 15 is 0 Å². The van der Waals surface area contributed by atoms with Gasteiger partial charge in [0.05, 0.1) is 24.7 Å². The molecule has 1 amide bonds. The second-order valence-corrected chi connectivity index (χ2v) is 8.52. The number of carbonyl (C=O) groups excluding carboxylic acids is 1. The number of nitrogens with one attached hydrogen (secondary N) is 1. The number of sulfonamides is 1. The Morgan fingerprint density at radius 3 is 2.34 bits per heavy atom. The lowest BCUT2D eigenvalue weighted by molar-refractivity contribution is -0.122. The van der Waals surface area contributed by atoms with E-state index in [-0.39, 0.29) is 29.9 Å². The number of nitrogens with zero attached hydrogens (tertiary/aromatic N) is 1. The Bertz CT molecular complexity index is 870. The Morgan fingerprint density at radius 2 is 1.76 bits per heavy atom. The Hall–Kier alpha value is -2.42. The fraction of sp³-hybridized carbons (Fsp3) is 0.381. The minimum Gasteiger partial charge on any atom is -0.494 e. The first kappa shape index (κ1) is 22.9. The lowest BCUT2D eigenvalue weighted by atomic mass is 10.2. The highest BCUT2D eigenvalue weighted by Gasteiger charge is 2.27. The van der Waals surface area contributed by atoms with Gasteiger partial charge in [0.15, 0.2) is 0 Å². The normalized spacial score (nSPS) is 12.6. The zero-order valence-electron chi connectivity index (χ0n) is 17.0. The molecule has 2 rings (SSSR count). The number of ether oxygens (including phenoxy) is 2. The number of rotatable bonds is 11. The van der Waals surface area contributed by atoms with Gasteiger partial charge in [0.2, 0.25) is 15.9 Å². The van der Waals surface area contributed by atoms with Gasteiger partial charge in [-0.1, -0.05) is 30.3 Å². The maximum Gasteiger partial charge on any atom is 0.243 e. The average molecular weight is 421 g/mol. The van der Waals surface area contributed by atoms with Crippen LogP contribution in [0.3, 0.4) is 0 Å². The Balaban J connectivity index is 2.25. The molecular weight excluding hydrogens is 392 g/mol. The van der Waals surface area contributed by atoms with Gasteiger partial charge in [-0.05, 0) is 43.7 Å². The predicted octanol–water partition coefficient (Wildman–Crippen LogP) is 2.43. The molecule has 1 atom stereocenters. The molecule has 0 bridgehead atoms. The first-order valence-corrected chi connectivity index (χ1v) is 10.9. The van der Waals surface area contributed by atoms with Gasteiger partial charge >= 0.3 is 0 Å². The molecule has 8 heteroatoms. The summed E-state index contributed by atoms with van der Waals surface area (Å²) < 4.78 is 38.0. The van der Waals surface area contributed by atoms with E-state index in [2.05, 4.69) is 5.32 Å². The monoisotopic (exact) mass is 420 g/mol. The standard InChI is InChI=1S/C21H28N2O5S/c1-4-28-19-10-12-20(13-11-19)29(25,26)23(14-18-8-6-5-7-9-18)15-21(24)22-17(2)16-27-3/h5-13,17H,4,14-16H2,1-3H3,(H,22,24)/t17-/m0/s1. The molecule has 158 valence electrons. The summed E-state index contributed by atoms with van der Waals surface area (Å²) >= 11 is 0. The fourth-order valence-corrected chi connectivity index (χ4v) is 4.19. The summed E-state index contributed by atoms with van der Waals surface area (Å²) in [6, 6.07) is 15.1. The smallest absolute Gasteiger partial charge is 0.243 e. The minimum absolute atomic E-state index is 0.0858. The van der Waals surface area contributed by atoms with Crippen molar-refractivity contribution in [2.24, 2.45) is 0 Å². The highest BCUT2D eigenvalue weighted by Crippen LogP contribution is 2.21. The van der Waals surface area contributed by atoms with E-state index < -0.39 is 10.0 Å². The lowest BCUT2D eigenvalue weighted by Crippen LogP contribution is -2.44. The summed E-state index contributed by atoms with van der Waals surface area (Å²) in [6.45, 7) is 4.28. The van der Waals surface area contributed by atoms with Crippen LogP contribution in [0.5, 0.6) is 5.75 Å². The van der Waals surface area contributed by atoms with Crippen LogP contribution in [0.1, 0.15) is 19.4 Å². The van der Waals surface area contributed by atoms with Crippen molar-refractivity contribution in [3.63, 3.8) is 0 Å². The maximum absolute atomic E-state index is 13.2. The van der Waals surface area contributed by atoms with Crippen LogP contribution >= 0.6 is 0 Å². The van der Waals surface area contributed by atoms with E-state index in [1.807, 2.05) is 37.3 Å². The van der Waals surface area contributed by atoms with E-state index in [1.54, 1.807) is 26.2 Å². The summed E-state index contributed by atoms with van der Waals surface area (Å²) in [6.07, 6.45) is 0. The number of amides is 1. The van der Waals surface area contributed by atoms with Crippen molar-refractivity contribution in [3.05, 3.63) is 60.2 Å². The topological polar surface area (TPSA) is 84.9 Å². The van der Waals surface area contributed by atoms with Gasteiger partial charge in [0.1, 0.15) is 5.75 Å². The van der Waals surface area contributed by atoms with Crippen molar-refractivity contribution >= 4 is 15.9 Å². The maximum atomic E-state index is 13.2. The highest BCUT2D eigenvalue weighted by molar-refractivity contribution is 7.89. The van der Waals surface area contributed by atoms with Gasteiger partial charge < -0.3 is 14.8 Å². The van der Waals surface area contributed by atoms with Crippen LogP contribution in [0.15, 0.2) is 59.5 Å². The molecule has 0 aliphatic rings. The van der Waals surface area contributed by atoms with Crippen molar-refractivity contribution < 1.29 is 22.7 Å². The molecule has 0 saturated heterocycles. The van der Waals surface area contributed by atoms with Crippen molar-refractivity contribution in [3.8, 4) is 5.75 Å². The average Bonchev–Trinajstić information content (AvgIpc) is 2.69. The van der Waals surface area contributed by atoms with Crippen LogP contribution in [0.4, 0.5) is 0 Å². The molecule has 0 aliphatic heterocycles. The predicted molar refractivity (Wildman–Crippen MR) is 111 cm³/mol. The van der Waals surface area contributed by atoms with Gasteiger partial charge in [-0.3, -0.25) is 4.79 Å². The molecule has 0 aliphatic carbocycles. The number of benzene rings is 2. The summed E-state index contributed by atoms with van der Waals surface area (Å²) in [5.74, 6) is 0.201. The number of hydrogen-bond donors (Lipinski definition) is 1. The van der Waals surface area contributed by atoms with Crippen LogP contribution in [-0.2, 0) is 26.1 Å². The third kappa shape index (κ3) is 6.85. The molecule has 0 saturated carbocycles. The quantitative estimate of drug-likeness (QED) is 0.604. The van der Waals surface area contributed by atoms with Crippen LogP contribution in [0, 0.1) is 0 Å². The van der Waals surface area contributed by atoms with Gasteiger partial charge in [0, 0.05) is 19.7 Å². The van der Waals surface area contributed by atoms with E-state index in [4.69, 9.17) is 9.47 Å². The summed E-state index contributed by atoms with van der Waals surface area (Å²) in [4.78, 5) is 12.6. The highest BCUT2D eigenvalue weighted by atomic mass is 32.2. The first-order valence-electron chi connectivity index (χ1n) is 9.42.